The van der Waals surface area contributed by atoms with E-state index in [1.807, 2.05) is 60.2 Å². The number of benzene rings is 2. The fourth-order valence-corrected chi connectivity index (χ4v) is 3.53. The average molecular weight is 454 g/mol. The van der Waals surface area contributed by atoms with Crippen LogP contribution in [0.5, 0.6) is 0 Å². The monoisotopic (exact) mass is 453 g/mol. The third-order valence-corrected chi connectivity index (χ3v) is 5.45. The van der Waals surface area contributed by atoms with Crippen molar-refractivity contribution < 1.29 is 18.1 Å². The van der Waals surface area contributed by atoms with E-state index < -0.39 is 0 Å². The van der Waals surface area contributed by atoms with Gasteiger partial charge >= 0.3 is 0 Å². The molecular weight excluding hydrogens is 430 g/mol. The molecule has 1 heterocycles. The highest BCUT2D eigenvalue weighted by Crippen LogP contribution is 2.32. The van der Waals surface area contributed by atoms with Crippen molar-refractivity contribution >= 4 is 17.0 Å². The summed E-state index contributed by atoms with van der Waals surface area (Å²) in [6.45, 7) is 0.674. The molecule has 5 heteroatoms. The van der Waals surface area contributed by atoms with Gasteiger partial charge in [-0.3, -0.25) is 0 Å². The van der Waals surface area contributed by atoms with E-state index in [-0.39, 0.29) is 11.6 Å². The lowest BCUT2D eigenvalue weighted by Crippen LogP contribution is -2.16. The van der Waals surface area contributed by atoms with Crippen molar-refractivity contribution in [1.82, 2.24) is 0 Å². The van der Waals surface area contributed by atoms with Crippen LogP contribution in [0.1, 0.15) is 17.5 Å². The molecule has 0 N–H and O–H groups in total. The minimum absolute atomic E-state index is 0.301. The Bertz CT molecular complexity index is 1310. The van der Waals surface area contributed by atoms with Crippen LogP contribution in [-0.2, 0) is 4.74 Å². The van der Waals surface area contributed by atoms with Crippen molar-refractivity contribution in [2.24, 2.45) is 0 Å². The molecular formula is C29H23F2N2O+. The summed E-state index contributed by atoms with van der Waals surface area (Å²) in [7, 11) is 1.96. The molecule has 4 rings (SSSR count). The highest BCUT2D eigenvalue weighted by atomic mass is 19.1. The molecule has 0 saturated heterocycles. The van der Waals surface area contributed by atoms with Crippen LogP contribution in [0.25, 0.3) is 11.3 Å². The van der Waals surface area contributed by atoms with Crippen LogP contribution in [-0.4, -0.2) is 23.9 Å². The van der Waals surface area contributed by atoms with Crippen molar-refractivity contribution in [2.75, 3.05) is 13.6 Å². The van der Waals surface area contributed by atoms with E-state index in [0.29, 0.717) is 24.5 Å². The maximum Gasteiger partial charge on any atom is 0.199 e. The van der Waals surface area contributed by atoms with Crippen LogP contribution in [0.4, 0.5) is 8.78 Å². The van der Waals surface area contributed by atoms with Gasteiger partial charge in [0.2, 0.25) is 0 Å². The summed E-state index contributed by atoms with van der Waals surface area (Å²) in [6, 6.07) is 14.5. The molecule has 1 aliphatic carbocycles. The fourth-order valence-electron chi connectivity index (χ4n) is 3.53. The maximum atomic E-state index is 13.4. The first kappa shape index (κ1) is 22.9. The van der Waals surface area contributed by atoms with E-state index in [1.165, 1.54) is 24.3 Å². The quantitative estimate of drug-likeness (QED) is 0.495. The number of ether oxygens (including phenoxy) is 1. The molecule has 0 amide bonds. The number of hydrogen-bond donors (Lipinski definition) is 0. The standard InChI is InChI=1S/C29H23F2N2O/c1-33(18-2-17-32)27-14-3-21(4-15-27)5-16-28-19-24(22-6-10-25(30)11-7-22)20-29(34-28)23-8-12-26(31)13-9-23/h3-16,19-20H,2,18H2,1H3/q+1. The minimum atomic E-state index is -0.319. The summed E-state index contributed by atoms with van der Waals surface area (Å²) < 4.78 is 35.0. The Kier molecular flexibility index (Phi) is 7.10. The summed E-state index contributed by atoms with van der Waals surface area (Å²) in [5, 5.41) is 8.77. The van der Waals surface area contributed by atoms with Gasteiger partial charge in [0.25, 0.3) is 0 Å². The first-order valence-corrected chi connectivity index (χ1v) is 10.9. The van der Waals surface area contributed by atoms with E-state index in [4.69, 9.17) is 10.00 Å². The van der Waals surface area contributed by atoms with Crippen LogP contribution in [0, 0.1) is 23.0 Å². The van der Waals surface area contributed by atoms with Gasteiger partial charge in [0.1, 0.15) is 30.2 Å². The largest absolute Gasteiger partial charge is 0.457 e. The predicted molar refractivity (Wildman–Crippen MR) is 131 cm³/mol. The summed E-state index contributed by atoms with van der Waals surface area (Å²) >= 11 is 0. The molecule has 0 atom stereocenters. The minimum Gasteiger partial charge on any atom is -0.457 e. The van der Waals surface area contributed by atoms with E-state index in [2.05, 4.69) is 6.07 Å². The fraction of sp³-hybridized carbons (Fsp3) is 0.103. The SMILES string of the molecule is C[N+](CCC#N)=C1C=CC(=CC=C2C=C(c3ccc(F)cc3)C=C(c3ccc(F)cc3)O2)C=C1. The zero-order chi connectivity index (χ0) is 23.9. The number of nitrogens with zero attached hydrogens (tertiary/aromatic N) is 2. The molecule has 0 bridgehead atoms. The Labute approximate surface area is 197 Å². The number of nitriles is 1. The van der Waals surface area contributed by atoms with Gasteiger partial charge in [-0.2, -0.15) is 5.26 Å². The predicted octanol–water partition coefficient (Wildman–Crippen LogP) is 6.35. The summed E-state index contributed by atoms with van der Waals surface area (Å²) in [5.74, 6) is 0.567. The average Bonchev–Trinajstić information content (AvgIpc) is 2.87. The smallest absolute Gasteiger partial charge is 0.199 e. The normalized spacial score (nSPS) is 16.0. The molecule has 3 nitrogen and oxygen atoms in total. The van der Waals surface area contributed by atoms with Crippen LogP contribution in [0.15, 0.2) is 108 Å². The molecule has 2 aromatic carbocycles. The number of hydrogen-bond acceptors (Lipinski definition) is 2. The van der Waals surface area contributed by atoms with Gasteiger partial charge in [-0.05, 0) is 83.5 Å². The topological polar surface area (TPSA) is 36.0 Å². The van der Waals surface area contributed by atoms with Crippen molar-refractivity contribution in [3.63, 3.8) is 0 Å². The van der Waals surface area contributed by atoms with Crippen molar-refractivity contribution in [3.05, 3.63) is 131 Å². The third-order valence-electron chi connectivity index (χ3n) is 5.45. The maximum absolute atomic E-state index is 13.4. The second-order valence-electron chi connectivity index (χ2n) is 7.88. The molecule has 0 spiro atoms. The van der Waals surface area contributed by atoms with Crippen molar-refractivity contribution in [1.29, 1.82) is 5.26 Å². The van der Waals surface area contributed by atoms with E-state index in [0.717, 1.165) is 28.0 Å². The van der Waals surface area contributed by atoms with Crippen LogP contribution in [0.2, 0.25) is 0 Å². The highest BCUT2D eigenvalue weighted by molar-refractivity contribution is 6.02. The van der Waals surface area contributed by atoms with Gasteiger partial charge in [-0.25, -0.2) is 13.4 Å². The molecule has 1 aliphatic heterocycles. The van der Waals surface area contributed by atoms with Crippen molar-refractivity contribution in [2.45, 2.75) is 6.42 Å². The van der Waals surface area contributed by atoms with Crippen LogP contribution < -0.4 is 0 Å². The zero-order valence-electron chi connectivity index (χ0n) is 18.7. The molecule has 34 heavy (non-hydrogen) atoms. The zero-order valence-corrected chi connectivity index (χ0v) is 18.7. The molecule has 0 aromatic heterocycles. The van der Waals surface area contributed by atoms with Gasteiger partial charge in [-0.1, -0.05) is 18.2 Å². The Morgan fingerprint density at radius 3 is 2.09 bits per heavy atom. The van der Waals surface area contributed by atoms with Gasteiger partial charge in [0.05, 0.1) is 12.5 Å². The summed E-state index contributed by atoms with van der Waals surface area (Å²) in [4.78, 5) is 0. The van der Waals surface area contributed by atoms with Gasteiger partial charge in [0, 0.05) is 17.7 Å². The Morgan fingerprint density at radius 1 is 0.853 bits per heavy atom. The highest BCUT2D eigenvalue weighted by Gasteiger charge is 2.15. The summed E-state index contributed by atoms with van der Waals surface area (Å²) in [5.41, 5.74) is 4.47. The molecule has 2 aromatic rings. The Balaban J connectivity index is 1.62. The molecule has 0 fully saturated rings. The number of halogens is 2. The first-order chi connectivity index (χ1) is 16.5. The molecule has 2 aliphatic rings. The lowest BCUT2D eigenvalue weighted by molar-refractivity contribution is -0.494. The number of rotatable bonds is 5. The Hall–Kier alpha value is -4.30. The van der Waals surface area contributed by atoms with Gasteiger partial charge < -0.3 is 4.74 Å². The molecule has 0 saturated carbocycles. The molecule has 168 valence electrons. The van der Waals surface area contributed by atoms with Crippen LogP contribution >= 0.6 is 0 Å². The number of allylic oxidation sites excluding steroid dienone is 10. The Morgan fingerprint density at radius 2 is 1.47 bits per heavy atom. The summed E-state index contributed by atoms with van der Waals surface area (Å²) in [6.07, 6.45) is 16.1. The second-order valence-corrected chi connectivity index (χ2v) is 7.88. The van der Waals surface area contributed by atoms with E-state index in [9.17, 15) is 8.78 Å². The van der Waals surface area contributed by atoms with E-state index >= 15 is 0 Å². The first-order valence-electron chi connectivity index (χ1n) is 10.9. The molecule has 0 radical (unpaired) electrons. The second kappa shape index (κ2) is 10.5. The van der Waals surface area contributed by atoms with E-state index in [1.54, 1.807) is 24.3 Å². The van der Waals surface area contributed by atoms with Crippen molar-refractivity contribution in [3.8, 4) is 6.07 Å². The van der Waals surface area contributed by atoms with Gasteiger partial charge in [-0.15, -0.1) is 0 Å². The van der Waals surface area contributed by atoms with Gasteiger partial charge in [0.15, 0.2) is 12.3 Å². The van der Waals surface area contributed by atoms with Crippen LogP contribution in [0.3, 0.4) is 0 Å². The lowest BCUT2D eigenvalue weighted by Gasteiger charge is -2.18. The lowest BCUT2D eigenvalue weighted by atomic mass is 10.00. The third kappa shape index (κ3) is 5.73. The molecule has 0 unspecified atom stereocenters.